The highest BCUT2D eigenvalue weighted by Crippen LogP contribution is 2.49. The molecule has 1 N–H and O–H groups in total. The van der Waals surface area contributed by atoms with Crippen LogP contribution in [0.25, 0.3) is 0 Å². The molecular weight excluding hydrogens is 318 g/mol. The average molecular weight is 354 g/mol. The maximum Gasteiger partial charge on any atom is 0.408 e. The van der Waals surface area contributed by atoms with E-state index < -0.39 is 34.7 Å². The van der Waals surface area contributed by atoms with Gasteiger partial charge in [-0.05, 0) is 58.8 Å². The van der Waals surface area contributed by atoms with E-state index in [1.807, 2.05) is 54.5 Å². The molecule has 0 aliphatic heterocycles. The number of alkyl carbamates (subject to hydrolysis) is 1. The van der Waals surface area contributed by atoms with E-state index in [0.29, 0.717) is 5.92 Å². The summed E-state index contributed by atoms with van der Waals surface area (Å²) in [5.74, 6) is -0.0618. The van der Waals surface area contributed by atoms with Crippen LogP contribution in [0.1, 0.15) is 74.1 Å². The predicted octanol–water partition coefficient (Wildman–Crippen LogP) is 4.60. The van der Waals surface area contributed by atoms with E-state index in [0.717, 1.165) is 25.7 Å². The lowest BCUT2D eigenvalue weighted by molar-refractivity contribution is -0.160. The van der Waals surface area contributed by atoms with Crippen molar-refractivity contribution in [3.05, 3.63) is 12.7 Å². The van der Waals surface area contributed by atoms with Crippen molar-refractivity contribution < 1.29 is 19.1 Å². The molecular formula is C20H35NO4. The number of ether oxygens (including phenoxy) is 2. The Morgan fingerprint density at radius 1 is 1.28 bits per heavy atom. The molecule has 0 aromatic carbocycles. The number of hydrogen-bond acceptors (Lipinski definition) is 4. The average Bonchev–Trinajstić information content (AvgIpc) is 3.02. The molecule has 144 valence electrons. The fourth-order valence-corrected chi connectivity index (χ4v) is 2.82. The summed E-state index contributed by atoms with van der Waals surface area (Å²) < 4.78 is 11.1. The lowest BCUT2D eigenvalue weighted by atomic mass is 9.86. The van der Waals surface area contributed by atoms with Crippen molar-refractivity contribution in [2.75, 3.05) is 0 Å². The van der Waals surface area contributed by atoms with E-state index >= 15 is 0 Å². The molecule has 0 bridgehead atoms. The quantitative estimate of drug-likeness (QED) is 0.412. The van der Waals surface area contributed by atoms with Gasteiger partial charge in [-0.15, -0.1) is 6.58 Å². The highest BCUT2D eigenvalue weighted by molar-refractivity contribution is 5.82. The summed E-state index contributed by atoms with van der Waals surface area (Å²) in [6.07, 6.45) is 5.26. The van der Waals surface area contributed by atoms with E-state index in [-0.39, 0.29) is 0 Å². The molecule has 0 aromatic rings. The number of esters is 1. The lowest BCUT2D eigenvalue weighted by Crippen LogP contribution is -2.52. The number of rotatable bonds is 7. The molecule has 0 heterocycles. The number of hydrogen-bond donors (Lipinski definition) is 1. The van der Waals surface area contributed by atoms with Gasteiger partial charge in [-0.25, -0.2) is 9.59 Å². The van der Waals surface area contributed by atoms with E-state index in [1.165, 1.54) is 0 Å². The van der Waals surface area contributed by atoms with Crippen LogP contribution in [0.3, 0.4) is 0 Å². The molecule has 1 aliphatic carbocycles. The van der Waals surface area contributed by atoms with Gasteiger partial charge in [-0.2, -0.15) is 0 Å². The first-order valence-corrected chi connectivity index (χ1v) is 9.12. The van der Waals surface area contributed by atoms with Gasteiger partial charge in [0.25, 0.3) is 0 Å². The van der Waals surface area contributed by atoms with Gasteiger partial charge in [-0.1, -0.05) is 26.8 Å². The SMILES string of the molecule is C=CCCC[C@@H]1C[C@@]1(C)OC(=O)N[C@H](C(=O)OC(C)(C)C)C(C)(C)C. The molecule has 1 saturated carbocycles. The van der Waals surface area contributed by atoms with Crippen LogP contribution in [0.15, 0.2) is 12.7 Å². The minimum absolute atomic E-state index is 0.382. The number of nitrogens with one attached hydrogen (secondary N) is 1. The zero-order valence-electron chi connectivity index (χ0n) is 16.9. The molecule has 0 unspecified atom stereocenters. The second-order valence-electron chi connectivity index (χ2n) is 9.30. The minimum Gasteiger partial charge on any atom is -0.458 e. The molecule has 0 spiro atoms. The van der Waals surface area contributed by atoms with Crippen LogP contribution in [0.2, 0.25) is 0 Å². The van der Waals surface area contributed by atoms with E-state index in [4.69, 9.17) is 9.47 Å². The smallest absolute Gasteiger partial charge is 0.408 e. The third-order valence-corrected chi connectivity index (χ3v) is 4.41. The summed E-state index contributed by atoms with van der Waals surface area (Å²) in [6, 6.07) is -0.763. The molecule has 1 aliphatic rings. The molecule has 25 heavy (non-hydrogen) atoms. The molecule has 0 aromatic heterocycles. The van der Waals surface area contributed by atoms with Gasteiger partial charge in [-0.3, -0.25) is 0 Å². The summed E-state index contributed by atoms with van der Waals surface area (Å²) in [5, 5.41) is 2.71. The fourth-order valence-electron chi connectivity index (χ4n) is 2.82. The summed E-state index contributed by atoms with van der Waals surface area (Å²) >= 11 is 0. The van der Waals surface area contributed by atoms with Crippen molar-refractivity contribution in [3.63, 3.8) is 0 Å². The third kappa shape index (κ3) is 7.09. The number of carbonyl (C=O) groups is 2. The highest BCUT2D eigenvalue weighted by atomic mass is 16.6. The standard InChI is InChI=1S/C20H35NO4/c1-9-10-11-12-14-13-20(14,8)25-17(23)21-15(18(2,3)4)16(22)24-19(5,6)7/h9,14-15H,1,10-13H2,2-8H3,(H,21,23)/t14-,15-,20-/m1/s1. The number of allylic oxidation sites excluding steroid dienone is 1. The molecule has 1 rings (SSSR count). The number of amides is 1. The molecule has 5 nitrogen and oxygen atoms in total. The Hall–Kier alpha value is -1.52. The Morgan fingerprint density at radius 3 is 2.36 bits per heavy atom. The lowest BCUT2D eigenvalue weighted by Gasteiger charge is -2.32. The Morgan fingerprint density at radius 2 is 1.88 bits per heavy atom. The molecule has 1 amide bonds. The zero-order valence-corrected chi connectivity index (χ0v) is 16.9. The van der Waals surface area contributed by atoms with Gasteiger partial charge in [0.15, 0.2) is 0 Å². The van der Waals surface area contributed by atoms with Crippen molar-refractivity contribution in [2.45, 2.75) is 91.4 Å². The molecule has 5 heteroatoms. The summed E-state index contributed by atoms with van der Waals surface area (Å²) in [6.45, 7) is 16.8. The fraction of sp³-hybridized carbons (Fsp3) is 0.800. The van der Waals surface area contributed by atoms with Crippen LogP contribution in [-0.2, 0) is 14.3 Å². The maximum absolute atomic E-state index is 12.5. The number of carbonyl (C=O) groups excluding carboxylic acids is 2. The second kappa shape index (κ2) is 7.79. The van der Waals surface area contributed by atoms with Crippen molar-refractivity contribution in [3.8, 4) is 0 Å². The second-order valence-corrected chi connectivity index (χ2v) is 9.30. The Bertz CT molecular complexity index is 501. The first kappa shape index (κ1) is 21.5. The molecule has 0 radical (unpaired) electrons. The normalized spacial score (nSPS) is 24.2. The van der Waals surface area contributed by atoms with Gasteiger partial charge in [0, 0.05) is 5.92 Å². The van der Waals surface area contributed by atoms with Gasteiger partial charge in [0.05, 0.1) is 0 Å². The first-order chi connectivity index (χ1) is 11.3. The summed E-state index contributed by atoms with van der Waals surface area (Å²) in [4.78, 5) is 24.8. The van der Waals surface area contributed by atoms with Crippen molar-refractivity contribution in [1.29, 1.82) is 0 Å². The summed E-state index contributed by atoms with van der Waals surface area (Å²) in [7, 11) is 0. The van der Waals surface area contributed by atoms with E-state index in [1.54, 1.807) is 0 Å². The topological polar surface area (TPSA) is 64.6 Å². The molecule has 0 saturated heterocycles. The van der Waals surface area contributed by atoms with Crippen LogP contribution in [0.4, 0.5) is 4.79 Å². The highest BCUT2D eigenvalue weighted by Gasteiger charge is 2.53. The van der Waals surface area contributed by atoms with Crippen LogP contribution in [0, 0.1) is 11.3 Å². The minimum atomic E-state index is -0.763. The zero-order chi connectivity index (χ0) is 19.5. The Labute approximate surface area is 152 Å². The van der Waals surface area contributed by atoms with Gasteiger partial charge >= 0.3 is 12.1 Å². The van der Waals surface area contributed by atoms with Gasteiger partial charge < -0.3 is 14.8 Å². The van der Waals surface area contributed by atoms with Crippen LogP contribution < -0.4 is 5.32 Å². The molecule has 3 atom stereocenters. The maximum atomic E-state index is 12.5. The van der Waals surface area contributed by atoms with Crippen LogP contribution in [0.5, 0.6) is 0 Å². The van der Waals surface area contributed by atoms with Gasteiger partial charge in [0.1, 0.15) is 17.2 Å². The van der Waals surface area contributed by atoms with Crippen molar-refractivity contribution in [1.82, 2.24) is 5.32 Å². The monoisotopic (exact) mass is 353 g/mol. The Kier molecular flexibility index (Phi) is 6.71. The van der Waals surface area contributed by atoms with E-state index in [9.17, 15) is 9.59 Å². The predicted molar refractivity (Wildman–Crippen MR) is 99.3 cm³/mol. The van der Waals surface area contributed by atoms with E-state index in [2.05, 4.69) is 11.9 Å². The largest absolute Gasteiger partial charge is 0.458 e. The Balaban J connectivity index is 2.62. The van der Waals surface area contributed by atoms with Crippen molar-refractivity contribution in [2.24, 2.45) is 11.3 Å². The van der Waals surface area contributed by atoms with Crippen LogP contribution >= 0.6 is 0 Å². The summed E-state index contributed by atoms with van der Waals surface area (Å²) in [5.41, 5.74) is -1.51. The molecule has 1 fully saturated rings. The number of unbranched alkanes of at least 4 members (excludes halogenated alkanes) is 1. The van der Waals surface area contributed by atoms with Crippen molar-refractivity contribution >= 4 is 12.1 Å². The first-order valence-electron chi connectivity index (χ1n) is 9.12. The van der Waals surface area contributed by atoms with Gasteiger partial charge in [0.2, 0.25) is 0 Å². The van der Waals surface area contributed by atoms with Crippen LogP contribution in [-0.4, -0.2) is 29.3 Å². The third-order valence-electron chi connectivity index (χ3n) is 4.41.